The lowest BCUT2D eigenvalue weighted by Crippen LogP contribution is -1.95. The van der Waals surface area contributed by atoms with Gasteiger partial charge >= 0.3 is 0 Å². The summed E-state index contributed by atoms with van der Waals surface area (Å²) < 4.78 is 0.494. The van der Waals surface area contributed by atoms with Gasteiger partial charge in [-0.15, -0.1) is 0 Å². The number of hydrogen-bond acceptors (Lipinski definition) is 2. The molecule has 2 aromatic rings. The second-order valence-electron chi connectivity index (χ2n) is 3.12. The number of aryl methyl sites for hydroxylation is 1. The van der Waals surface area contributed by atoms with Gasteiger partial charge in [0.25, 0.3) is 0 Å². The third-order valence-corrected chi connectivity index (χ3v) is 3.08. The second-order valence-corrected chi connectivity index (χ2v) is 4.32. The van der Waals surface area contributed by atoms with Gasteiger partial charge in [0.15, 0.2) is 0 Å². The molecule has 2 rings (SSSR count). The Balaban J connectivity index is 2.97. The van der Waals surface area contributed by atoms with Crippen molar-refractivity contribution in [2.45, 2.75) is 13.3 Å². The van der Waals surface area contributed by atoms with Crippen molar-refractivity contribution >= 4 is 46.3 Å². The number of rotatable bonds is 1. The summed E-state index contributed by atoms with van der Waals surface area (Å²) in [7, 11) is 0. The zero-order chi connectivity index (χ0) is 11.0. The third kappa shape index (κ3) is 1.87. The first-order valence-corrected chi connectivity index (χ1v) is 5.66. The van der Waals surface area contributed by atoms with Crippen LogP contribution in [0, 0.1) is 4.64 Å². The molecule has 5 heteroatoms. The molecular weight excluding hydrogens is 251 g/mol. The summed E-state index contributed by atoms with van der Waals surface area (Å²) in [6.45, 7) is 2.00. The van der Waals surface area contributed by atoms with Crippen LogP contribution in [0.3, 0.4) is 0 Å². The zero-order valence-corrected chi connectivity index (χ0v) is 10.3. The molecule has 1 heterocycles. The average Bonchev–Trinajstić information content (AvgIpc) is 2.23. The number of benzene rings is 1. The van der Waals surface area contributed by atoms with E-state index in [4.69, 9.17) is 35.4 Å². The number of H-pyrrole nitrogens is 1. The molecule has 0 fully saturated rings. The number of hydrogen-bond donors (Lipinski definition) is 1. The fourth-order valence-corrected chi connectivity index (χ4v) is 2.23. The molecule has 78 valence electrons. The van der Waals surface area contributed by atoms with Crippen molar-refractivity contribution in [1.82, 2.24) is 9.97 Å². The van der Waals surface area contributed by atoms with E-state index in [9.17, 15) is 0 Å². The Bertz CT molecular complexity index is 577. The van der Waals surface area contributed by atoms with Crippen LogP contribution < -0.4 is 0 Å². The van der Waals surface area contributed by atoms with E-state index in [0.29, 0.717) is 14.7 Å². The van der Waals surface area contributed by atoms with Crippen molar-refractivity contribution in [3.63, 3.8) is 0 Å². The van der Waals surface area contributed by atoms with Crippen molar-refractivity contribution < 1.29 is 0 Å². The van der Waals surface area contributed by atoms with Crippen LogP contribution in [0.1, 0.15) is 12.7 Å². The summed E-state index contributed by atoms with van der Waals surface area (Å²) in [4.78, 5) is 7.37. The zero-order valence-electron chi connectivity index (χ0n) is 7.97. The van der Waals surface area contributed by atoms with Crippen molar-refractivity contribution in [3.05, 3.63) is 32.6 Å². The van der Waals surface area contributed by atoms with Crippen LogP contribution in [-0.2, 0) is 6.42 Å². The Labute approximate surface area is 102 Å². The minimum Gasteiger partial charge on any atom is -0.342 e. The van der Waals surface area contributed by atoms with Crippen LogP contribution in [0.15, 0.2) is 12.1 Å². The summed E-state index contributed by atoms with van der Waals surface area (Å²) in [5, 5.41) is 1.90. The summed E-state index contributed by atoms with van der Waals surface area (Å²) in [5.41, 5.74) is 0.765. The normalized spacial score (nSPS) is 10.9. The third-order valence-electron chi connectivity index (χ3n) is 2.16. The minimum absolute atomic E-state index is 0.494. The van der Waals surface area contributed by atoms with E-state index in [0.717, 1.165) is 23.1 Å². The molecule has 0 saturated heterocycles. The van der Waals surface area contributed by atoms with Gasteiger partial charge in [0.2, 0.25) is 0 Å². The summed E-state index contributed by atoms with van der Waals surface area (Å²) in [5.74, 6) is 0.816. The Kier molecular flexibility index (Phi) is 2.96. The molecule has 2 nitrogen and oxygen atoms in total. The number of nitrogens with one attached hydrogen (secondary N) is 1. The molecule has 0 unspecified atom stereocenters. The number of fused-ring (bicyclic) bond motifs is 1. The van der Waals surface area contributed by atoms with Crippen molar-refractivity contribution in [2.75, 3.05) is 0 Å². The Morgan fingerprint density at radius 1 is 1.33 bits per heavy atom. The number of halogens is 2. The average molecular weight is 259 g/mol. The van der Waals surface area contributed by atoms with Gasteiger partial charge < -0.3 is 4.98 Å². The fourth-order valence-electron chi connectivity index (χ4n) is 1.40. The van der Waals surface area contributed by atoms with Gasteiger partial charge in [-0.1, -0.05) is 42.3 Å². The summed E-state index contributed by atoms with van der Waals surface area (Å²) >= 11 is 17.3. The van der Waals surface area contributed by atoms with Crippen LogP contribution in [0.2, 0.25) is 10.0 Å². The van der Waals surface area contributed by atoms with Gasteiger partial charge in [-0.05, 0) is 12.1 Å². The fraction of sp³-hybridized carbons (Fsp3) is 0.200. The number of nitrogens with zero attached hydrogens (tertiary/aromatic N) is 1. The van der Waals surface area contributed by atoms with Crippen LogP contribution in [0.4, 0.5) is 0 Å². The highest BCUT2D eigenvalue weighted by molar-refractivity contribution is 7.71. The maximum Gasteiger partial charge on any atom is 0.139 e. The van der Waals surface area contributed by atoms with Crippen LogP contribution in [-0.4, -0.2) is 9.97 Å². The van der Waals surface area contributed by atoms with Crippen molar-refractivity contribution in [3.8, 4) is 0 Å². The van der Waals surface area contributed by atoms with Crippen molar-refractivity contribution in [2.24, 2.45) is 0 Å². The molecule has 0 spiro atoms. The molecule has 15 heavy (non-hydrogen) atoms. The lowest BCUT2D eigenvalue weighted by Gasteiger charge is -2.05. The molecule has 0 saturated carbocycles. The van der Waals surface area contributed by atoms with E-state index in [2.05, 4.69) is 9.97 Å². The second kappa shape index (κ2) is 4.08. The summed E-state index contributed by atoms with van der Waals surface area (Å²) in [6.07, 6.45) is 0.780. The SMILES string of the molecule is CCc1nc(=S)c2c(Cl)ccc(Cl)c2[nH]1. The molecule has 0 aliphatic rings. The quantitative estimate of drug-likeness (QED) is 0.779. The maximum absolute atomic E-state index is 6.07. The first-order chi connectivity index (χ1) is 7.13. The van der Waals surface area contributed by atoms with Gasteiger partial charge in [0.05, 0.1) is 20.9 Å². The Morgan fingerprint density at radius 3 is 2.67 bits per heavy atom. The summed E-state index contributed by atoms with van der Waals surface area (Å²) in [6, 6.07) is 3.47. The highest BCUT2D eigenvalue weighted by Crippen LogP contribution is 2.28. The van der Waals surface area contributed by atoms with Crippen LogP contribution in [0.5, 0.6) is 0 Å². The molecule has 1 aromatic heterocycles. The van der Waals surface area contributed by atoms with E-state index in [-0.39, 0.29) is 0 Å². The molecular formula is C10H8Cl2N2S. The predicted octanol–water partition coefficient (Wildman–Crippen LogP) is 4.16. The molecule has 0 atom stereocenters. The molecule has 0 amide bonds. The first-order valence-electron chi connectivity index (χ1n) is 4.50. The molecule has 1 aromatic carbocycles. The molecule has 0 bridgehead atoms. The van der Waals surface area contributed by atoms with Gasteiger partial charge in [-0.2, -0.15) is 0 Å². The minimum atomic E-state index is 0.494. The molecule has 0 aliphatic heterocycles. The van der Waals surface area contributed by atoms with E-state index in [1.54, 1.807) is 12.1 Å². The number of aromatic nitrogens is 2. The Morgan fingerprint density at radius 2 is 2.00 bits per heavy atom. The van der Waals surface area contributed by atoms with Gasteiger partial charge in [0, 0.05) is 6.42 Å². The highest BCUT2D eigenvalue weighted by Gasteiger charge is 2.07. The maximum atomic E-state index is 6.07. The molecule has 0 aliphatic carbocycles. The standard InChI is InChI=1S/C10H8Cl2N2S/c1-2-7-13-9-6(12)4-3-5(11)8(9)10(15)14-7/h3-4H,2H2,1H3,(H,13,14,15). The largest absolute Gasteiger partial charge is 0.342 e. The van der Waals surface area contributed by atoms with Gasteiger partial charge in [-0.3, -0.25) is 0 Å². The number of aromatic amines is 1. The van der Waals surface area contributed by atoms with Crippen molar-refractivity contribution in [1.29, 1.82) is 0 Å². The van der Waals surface area contributed by atoms with Gasteiger partial charge in [-0.25, -0.2) is 4.98 Å². The highest BCUT2D eigenvalue weighted by atomic mass is 35.5. The van der Waals surface area contributed by atoms with Crippen LogP contribution >= 0.6 is 35.4 Å². The van der Waals surface area contributed by atoms with Crippen LogP contribution in [0.25, 0.3) is 10.9 Å². The smallest absolute Gasteiger partial charge is 0.139 e. The van der Waals surface area contributed by atoms with E-state index < -0.39 is 0 Å². The molecule has 1 N–H and O–H groups in total. The first kappa shape index (κ1) is 10.9. The Hall–Kier alpha value is -0.640. The topological polar surface area (TPSA) is 28.7 Å². The van der Waals surface area contributed by atoms with E-state index >= 15 is 0 Å². The van der Waals surface area contributed by atoms with Gasteiger partial charge in [0.1, 0.15) is 10.5 Å². The van der Waals surface area contributed by atoms with E-state index in [1.807, 2.05) is 6.92 Å². The van der Waals surface area contributed by atoms with E-state index in [1.165, 1.54) is 0 Å². The predicted molar refractivity (Wildman–Crippen MR) is 66.3 cm³/mol. The lowest BCUT2D eigenvalue weighted by molar-refractivity contribution is 0.955. The lowest BCUT2D eigenvalue weighted by atomic mass is 10.2. The molecule has 0 radical (unpaired) electrons. The monoisotopic (exact) mass is 258 g/mol.